The summed E-state index contributed by atoms with van der Waals surface area (Å²) < 4.78 is 37.8. The maximum absolute atomic E-state index is 14.2. The van der Waals surface area contributed by atoms with Crippen LogP contribution in [0.25, 0.3) is 0 Å². The third-order valence-corrected chi connectivity index (χ3v) is 5.89. The van der Waals surface area contributed by atoms with E-state index in [0.29, 0.717) is 23.0 Å². The van der Waals surface area contributed by atoms with Gasteiger partial charge in [0.2, 0.25) is 0 Å². The van der Waals surface area contributed by atoms with E-state index in [-0.39, 0.29) is 29.3 Å². The molecule has 0 saturated carbocycles. The Kier molecular flexibility index (Phi) is 4.63. The fourth-order valence-corrected chi connectivity index (χ4v) is 4.82. The number of rotatable bonds is 4. The highest BCUT2D eigenvalue weighted by Crippen LogP contribution is 2.34. The van der Waals surface area contributed by atoms with Crippen LogP contribution in [0.1, 0.15) is 24.9 Å². The molecular weight excluding hydrogens is 333 g/mol. The molecule has 0 amide bonds. The molecule has 1 aromatic carbocycles. The lowest BCUT2D eigenvalue weighted by atomic mass is 9.92. The Morgan fingerprint density at radius 2 is 2.26 bits per heavy atom. The number of nitrogens with one attached hydrogen (secondary N) is 1. The lowest BCUT2D eigenvalue weighted by Gasteiger charge is -2.24. The van der Waals surface area contributed by atoms with E-state index in [2.05, 4.69) is 21.2 Å². The average molecular weight is 350 g/mol. The summed E-state index contributed by atoms with van der Waals surface area (Å²) in [7, 11) is -2.96. The fourth-order valence-electron chi connectivity index (χ4n) is 2.60. The van der Waals surface area contributed by atoms with Gasteiger partial charge in [0.25, 0.3) is 0 Å². The molecule has 1 fully saturated rings. The second-order valence-corrected chi connectivity index (χ2v) is 7.92. The van der Waals surface area contributed by atoms with Gasteiger partial charge >= 0.3 is 0 Å². The van der Waals surface area contributed by atoms with E-state index >= 15 is 0 Å². The quantitative estimate of drug-likeness (QED) is 0.908. The first kappa shape index (κ1) is 14.9. The van der Waals surface area contributed by atoms with E-state index in [1.165, 1.54) is 0 Å². The van der Waals surface area contributed by atoms with Gasteiger partial charge in [-0.1, -0.05) is 19.1 Å². The van der Waals surface area contributed by atoms with Gasteiger partial charge in [-0.25, -0.2) is 12.8 Å². The second-order valence-electron chi connectivity index (χ2n) is 4.84. The molecule has 0 aliphatic carbocycles. The Bertz CT molecular complexity index is 562. The van der Waals surface area contributed by atoms with Gasteiger partial charge in [-0.2, -0.15) is 0 Å². The molecule has 1 N–H and O–H groups in total. The van der Waals surface area contributed by atoms with Crippen LogP contribution in [-0.2, 0) is 9.84 Å². The first-order chi connectivity index (χ1) is 8.94. The van der Waals surface area contributed by atoms with Crippen LogP contribution in [0.4, 0.5) is 4.39 Å². The topological polar surface area (TPSA) is 46.2 Å². The second kappa shape index (κ2) is 5.89. The van der Waals surface area contributed by atoms with Crippen LogP contribution in [0.5, 0.6) is 0 Å². The van der Waals surface area contributed by atoms with E-state index in [0.717, 1.165) is 0 Å². The van der Waals surface area contributed by atoms with Gasteiger partial charge in [-0.15, -0.1) is 0 Å². The Balaban J connectivity index is 2.33. The van der Waals surface area contributed by atoms with Crippen molar-refractivity contribution in [3.05, 3.63) is 34.1 Å². The van der Waals surface area contributed by atoms with Crippen molar-refractivity contribution in [2.75, 3.05) is 18.1 Å². The summed E-state index contributed by atoms with van der Waals surface area (Å²) in [4.78, 5) is 0. The average Bonchev–Trinajstić information content (AvgIpc) is 2.71. The predicted molar refractivity (Wildman–Crippen MR) is 77.3 cm³/mol. The maximum Gasteiger partial charge on any atom is 0.150 e. The molecule has 0 radical (unpaired) electrons. The number of benzene rings is 1. The molecule has 1 saturated heterocycles. The van der Waals surface area contributed by atoms with Crippen LogP contribution in [0.3, 0.4) is 0 Å². The minimum Gasteiger partial charge on any atom is -0.310 e. The zero-order valence-corrected chi connectivity index (χ0v) is 13.1. The normalized spacial score (nSPS) is 23.4. The molecule has 106 valence electrons. The Labute approximate surface area is 121 Å². The largest absolute Gasteiger partial charge is 0.310 e. The monoisotopic (exact) mass is 349 g/mol. The summed E-state index contributed by atoms with van der Waals surface area (Å²) in [6, 6.07) is 4.89. The van der Waals surface area contributed by atoms with Gasteiger partial charge in [0, 0.05) is 11.6 Å². The van der Waals surface area contributed by atoms with Crippen LogP contribution in [0, 0.1) is 11.7 Å². The summed E-state index contributed by atoms with van der Waals surface area (Å²) in [6.45, 7) is 2.61. The molecule has 0 bridgehead atoms. The van der Waals surface area contributed by atoms with E-state index in [1.807, 2.05) is 6.92 Å². The van der Waals surface area contributed by atoms with Crippen LogP contribution < -0.4 is 5.32 Å². The Morgan fingerprint density at radius 1 is 1.53 bits per heavy atom. The first-order valence-electron chi connectivity index (χ1n) is 6.32. The van der Waals surface area contributed by atoms with E-state index in [4.69, 9.17) is 0 Å². The van der Waals surface area contributed by atoms with Crippen molar-refractivity contribution in [3.8, 4) is 0 Å². The molecule has 1 aromatic rings. The van der Waals surface area contributed by atoms with E-state index in [1.54, 1.807) is 18.2 Å². The van der Waals surface area contributed by atoms with Crippen LogP contribution in [0.15, 0.2) is 22.7 Å². The lowest BCUT2D eigenvalue weighted by Crippen LogP contribution is -2.29. The van der Waals surface area contributed by atoms with E-state index in [9.17, 15) is 12.8 Å². The molecule has 2 rings (SSSR count). The smallest absolute Gasteiger partial charge is 0.150 e. The van der Waals surface area contributed by atoms with Gasteiger partial charge in [-0.3, -0.25) is 0 Å². The molecular formula is C13H17BrFNO2S. The standard InChI is InChI=1S/C13H17BrFNO2S/c1-2-16-13(9-6-7-19(17,18)8-9)10-4-3-5-11(14)12(10)15/h3-5,9,13,16H,2,6-8H2,1H3. The minimum absolute atomic E-state index is 0.0613. The zero-order valence-electron chi connectivity index (χ0n) is 10.7. The maximum atomic E-state index is 14.2. The van der Waals surface area contributed by atoms with Gasteiger partial charge < -0.3 is 5.32 Å². The predicted octanol–water partition coefficient (Wildman–Crippen LogP) is 2.67. The highest BCUT2D eigenvalue weighted by atomic mass is 79.9. The van der Waals surface area contributed by atoms with Crippen molar-refractivity contribution < 1.29 is 12.8 Å². The van der Waals surface area contributed by atoms with Crippen molar-refractivity contribution in [2.24, 2.45) is 5.92 Å². The molecule has 2 unspecified atom stereocenters. The molecule has 19 heavy (non-hydrogen) atoms. The van der Waals surface area contributed by atoms with Crippen LogP contribution in [0.2, 0.25) is 0 Å². The van der Waals surface area contributed by atoms with Crippen molar-refractivity contribution >= 4 is 25.8 Å². The molecule has 0 aromatic heterocycles. The van der Waals surface area contributed by atoms with Gasteiger partial charge in [0.1, 0.15) is 5.82 Å². The van der Waals surface area contributed by atoms with Gasteiger partial charge in [-0.05, 0) is 40.9 Å². The molecule has 2 atom stereocenters. The Hall–Kier alpha value is -0.460. The number of halogens is 2. The number of hydrogen-bond donors (Lipinski definition) is 1. The molecule has 1 aliphatic heterocycles. The van der Waals surface area contributed by atoms with Crippen LogP contribution >= 0.6 is 15.9 Å². The van der Waals surface area contributed by atoms with Gasteiger partial charge in [0.05, 0.1) is 16.0 Å². The van der Waals surface area contributed by atoms with Crippen molar-refractivity contribution in [2.45, 2.75) is 19.4 Å². The molecule has 6 heteroatoms. The Morgan fingerprint density at radius 3 is 2.84 bits per heavy atom. The minimum atomic E-state index is -2.96. The molecule has 1 aliphatic rings. The first-order valence-corrected chi connectivity index (χ1v) is 8.93. The summed E-state index contributed by atoms with van der Waals surface area (Å²) in [6.07, 6.45) is 0.589. The molecule has 1 heterocycles. The number of hydrogen-bond acceptors (Lipinski definition) is 3. The lowest BCUT2D eigenvalue weighted by molar-refractivity contribution is 0.386. The fraction of sp³-hybridized carbons (Fsp3) is 0.538. The van der Waals surface area contributed by atoms with Gasteiger partial charge in [0.15, 0.2) is 9.84 Å². The van der Waals surface area contributed by atoms with E-state index < -0.39 is 9.84 Å². The summed E-state index contributed by atoms with van der Waals surface area (Å²) in [5, 5.41) is 3.22. The molecule has 3 nitrogen and oxygen atoms in total. The summed E-state index contributed by atoms with van der Waals surface area (Å²) in [5.74, 6) is -0.0299. The third-order valence-electron chi connectivity index (χ3n) is 3.48. The highest BCUT2D eigenvalue weighted by molar-refractivity contribution is 9.10. The van der Waals surface area contributed by atoms with Crippen LogP contribution in [-0.4, -0.2) is 26.5 Å². The third kappa shape index (κ3) is 3.35. The SMILES string of the molecule is CCNC(c1cccc(Br)c1F)C1CCS(=O)(=O)C1. The zero-order chi connectivity index (χ0) is 14.0. The summed E-state index contributed by atoms with van der Waals surface area (Å²) >= 11 is 3.18. The van der Waals surface area contributed by atoms with Crippen molar-refractivity contribution in [1.29, 1.82) is 0 Å². The summed E-state index contributed by atoms with van der Waals surface area (Å²) in [5.41, 5.74) is 0.540. The molecule has 0 spiro atoms. The highest BCUT2D eigenvalue weighted by Gasteiger charge is 2.35. The van der Waals surface area contributed by atoms with Crippen molar-refractivity contribution in [1.82, 2.24) is 5.32 Å². The number of sulfone groups is 1. The van der Waals surface area contributed by atoms with Crippen molar-refractivity contribution in [3.63, 3.8) is 0 Å².